The molecule has 1 fully saturated rings. The predicted octanol–water partition coefficient (Wildman–Crippen LogP) is 5.40. The Bertz CT molecular complexity index is 349. The van der Waals surface area contributed by atoms with Crippen LogP contribution in [-0.4, -0.2) is 6.54 Å². The lowest BCUT2D eigenvalue weighted by Crippen LogP contribution is -2.37. The molecule has 0 aliphatic heterocycles. The number of nitrogens with one attached hydrogen (secondary N) is 1. The van der Waals surface area contributed by atoms with Crippen molar-refractivity contribution >= 4 is 11.3 Å². The summed E-state index contributed by atoms with van der Waals surface area (Å²) in [6.45, 7) is 8.16. The molecule has 2 heteroatoms. The van der Waals surface area contributed by atoms with Crippen molar-refractivity contribution in [2.45, 2.75) is 65.3 Å². The van der Waals surface area contributed by atoms with E-state index in [1.165, 1.54) is 44.1 Å². The zero-order chi connectivity index (χ0) is 13.7. The molecule has 1 N–H and O–H groups in total. The standard InChI is InChI=1S/C17H29NS/c1-4-10-18-16(15-7-11-19-13-15)17(12-14(2)3)8-5-6-9-17/h7,11,13-14,16,18H,4-6,8-10,12H2,1-3H3. The Labute approximate surface area is 122 Å². The predicted molar refractivity (Wildman–Crippen MR) is 85.7 cm³/mol. The largest absolute Gasteiger partial charge is 0.309 e. The molecule has 0 aromatic carbocycles. The average Bonchev–Trinajstić information content (AvgIpc) is 3.01. The van der Waals surface area contributed by atoms with Crippen LogP contribution in [-0.2, 0) is 0 Å². The van der Waals surface area contributed by atoms with Gasteiger partial charge in [-0.15, -0.1) is 0 Å². The first-order valence-electron chi connectivity index (χ1n) is 7.93. The SMILES string of the molecule is CCCNC(c1ccsc1)C1(CC(C)C)CCCC1. The van der Waals surface area contributed by atoms with Crippen LogP contribution in [0, 0.1) is 11.3 Å². The Morgan fingerprint density at radius 3 is 2.58 bits per heavy atom. The zero-order valence-corrected chi connectivity index (χ0v) is 13.6. The van der Waals surface area contributed by atoms with Crippen molar-refractivity contribution in [3.63, 3.8) is 0 Å². The van der Waals surface area contributed by atoms with Crippen molar-refractivity contribution in [3.8, 4) is 0 Å². The van der Waals surface area contributed by atoms with Crippen molar-refractivity contribution in [2.75, 3.05) is 6.54 Å². The van der Waals surface area contributed by atoms with E-state index in [1.807, 2.05) is 11.3 Å². The first kappa shape index (κ1) is 15.1. The third-order valence-corrected chi connectivity index (χ3v) is 5.20. The average molecular weight is 279 g/mol. The Morgan fingerprint density at radius 1 is 1.32 bits per heavy atom. The van der Waals surface area contributed by atoms with Gasteiger partial charge in [-0.3, -0.25) is 0 Å². The van der Waals surface area contributed by atoms with E-state index in [9.17, 15) is 0 Å². The van der Waals surface area contributed by atoms with Crippen LogP contribution in [0.3, 0.4) is 0 Å². The summed E-state index contributed by atoms with van der Waals surface area (Å²) in [5.74, 6) is 0.794. The lowest BCUT2D eigenvalue weighted by atomic mass is 9.70. The fourth-order valence-corrected chi connectivity index (χ4v) is 4.60. The van der Waals surface area contributed by atoms with Crippen LogP contribution >= 0.6 is 11.3 Å². The fraction of sp³-hybridized carbons (Fsp3) is 0.765. The molecule has 1 nitrogen and oxygen atoms in total. The van der Waals surface area contributed by atoms with Crippen molar-refractivity contribution < 1.29 is 0 Å². The maximum atomic E-state index is 3.87. The van der Waals surface area contributed by atoms with Crippen molar-refractivity contribution in [2.24, 2.45) is 11.3 Å². The van der Waals surface area contributed by atoms with Gasteiger partial charge in [-0.1, -0.05) is 33.6 Å². The molecule has 1 unspecified atom stereocenters. The Hall–Kier alpha value is -0.340. The summed E-state index contributed by atoms with van der Waals surface area (Å²) >= 11 is 1.84. The second-order valence-electron chi connectivity index (χ2n) is 6.61. The highest BCUT2D eigenvalue weighted by Gasteiger charge is 2.42. The molecular formula is C17H29NS. The highest BCUT2D eigenvalue weighted by Crippen LogP contribution is 2.51. The number of hydrogen-bond donors (Lipinski definition) is 1. The van der Waals surface area contributed by atoms with Gasteiger partial charge >= 0.3 is 0 Å². The van der Waals surface area contributed by atoms with Crippen LogP contribution in [0.15, 0.2) is 16.8 Å². The Balaban J connectivity index is 2.22. The monoisotopic (exact) mass is 279 g/mol. The summed E-state index contributed by atoms with van der Waals surface area (Å²) in [5, 5.41) is 8.45. The summed E-state index contributed by atoms with van der Waals surface area (Å²) in [4.78, 5) is 0. The molecule has 1 aromatic rings. The number of rotatable bonds is 7. The van der Waals surface area contributed by atoms with Crippen molar-refractivity contribution in [1.82, 2.24) is 5.32 Å². The van der Waals surface area contributed by atoms with Gasteiger partial charge < -0.3 is 5.32 Å². The first-order chi connectivity index (χ1) is 9.18. The molecule has 0 spiro atoms. The van der Waals surface area contributed by atoms with E-state index in [0.29, 0.717) is 11.5 Å². The summed E-state index contributed by atoms with van der Waals surface area (Å²) in [6, 6.07) is 2.90. The van der Waals surface area contributed by atoms with Crippen LogP contribution in [0.4, 0.5) is 0 Å². The Kier molecular flexibility index (Phi) is 5.47. The van der Waals surface area contributed by atoms with Gasteiger partial charge in [-0.25, -0.2) is 0 Å². The molecule has 19 heavy (non-hydrogen) atoms. The third-order valence-electron chi connectivity index (χ3n) is 4.50. The smallest absolute Gasteiger partial charge is 0.0385 e. The summed E-state index contributed by atoms with van der Waals surface area (Å²) < 4.78 is 0. The van der Waals surface area contributed by atoms with Gasteiger partial charge in [-0.05, 0) is 66.0 Å². The fourth-order valence-electron chi connectivity index (χ4n) is 3.92. The topological polar surface area (TPSA) is 12.0 Å². The second kappa shape index (κ2) is 6.90. The third kappa shape index (κ3) is 3.61. The number of hydrogen-bond acceptors (Lipinski definition) is 2. The van der Waals surface area contributed by atoms with Crippen LogP contribution < -0.4 is 5.32 Å². The molecule has 2 rings (SSSR count). The Morgan fingerprint density at radius 2 is 2.05 bits per heavy atom. The molecular weight excluding hydrogens is 250 g/mol. The minimum Gasteiger partial charge on any atom is -0.309 e. The van der Waals surface area contributed by atoms with Gasteiger partial charge in [0.1, 0.15) is 0 Å². The lowest BCUT2D eigenvalue weighted by molar-refractivity contribution is 0.156. The number of thiophene rings is 1. The van der Waals surface area contributed by atoms with Gasteiger partial charge in [0, 0.05) is 6.04 Å². The van der Waals surface area contributed by atoms with E-state index in [4.69, 9.17) is 0 Å². The van der Waals surface area contributed by atoms with Crippen molar-refractivity contribution in [1.29, 1.82) is 0 Å². The molecule has 1 aromatic heterocycles. The molecule has 0 amide bonds. The minimum absolute atomic E-state index is 0.504. The van der Waals surface area contributed by atoms with Gasteiger partial charge in [0.2, 0.25) is 0 Å². The van der Waals surface area contributed by atoms with E-state index in [1.54, 1.807) is 0 Å². The highest BCUT2D eigenvalue weighted by atomic mass is 32.1. The first-order valence-corrected chi connectivity index (χ1v) is 8.88. The maximum Gasteiger partial charge on any atom is 0.0385 e. The molecule has 0 saturated heterocycles. The molecule has 1 heterocycles. The van der Waals surface area contributed by atoms with E-state index >= 15 is 0 Å². The summed E-state index contributed by atoms with van der Waals surface area (Å²) in [7, 11) is 0. The van der Waals surface area contributed by atoms with Crippen molar-refractivity contribution in [3.05, 3.63) is 22.4 Å². The van der Waals surface area contributed by atoms with Gasteiger partial charge in [0.25, 0.3) is 0 Å². The normalized spacial score (nSPS) is 20.0. The molecule has 1 aliphatic rings. The van der Waals surface area contributed by atoms with Gasteiger partial charge in [0.05, 0.1) is 0 Å². The molecule has 0 bridgehead atoms. The second-order valence-corrected chi connectivity index (χ2v) is 7.39. The summed E-state index contributed by atoms with van der Waals surface area (Å²) in [6.07, 6.45) is 8.23. The molecule has 1 saturated carbocycles. The quantitative estimate of drug-likeness (QED) is 0.705. The molecule has 1 atom stereocenters. The zero-order valence-electron chi connectivity index (χ0n) is 12.7. The van der Waals surface area contributed by atoms with Gasteiger partial charge in [0.15, 0.2) is 0 Å². The van der Waals surface area contributed by atoms with Crippen LogP contribution in [0.2, 0.25) is 0 Å². The van der Waals surface area contributed by atoms with E-state index in [0.717, 1.165) is 12.5 Å². The van der Waals surface area contributed by atoms with Crippen LogP contribution in [0.25, 0.3) is 0 Å². The molecule has 0 radical (unpaired) electrons. The van der Waals surface area contributed by atoms with Gasteiger partial charge in [-0.2, -0.15) is 11.3 Å². The summed E-state index contributed by atoms with van der Waals surface area (Å²) in [5.41, 5.74) is 2.03. The highest BCUT2D eigenvalue weighted by molar-refractivity contribution is 7.07. The van der Waals surface area contributed by atoms with E-state index in [-0.39, 0.29) is 0 Å². The minimum atomic E-state index is 0.504. The maximum absolute atomic E-state index is 3.87. The van der Waals surface area contributed by atoms with Crippen LogP contribution in [0.1, 0.15) is 70.9 Å². The van der Waals surface area contributed by atoms with E-state index in [2.05, 4.69) is 42.9 Å². The molecule has 108 valence electrons. The van der Waals surface area contributed by atoms with Crippen LogP contribution in [0.5, 0.6) is 0 Å². The van der Waals surface area contributed by atoms with E-state index < -0.39 is 0 Å². The lowest BCUT2D eigenvalue weighted by Gasteiger charge is -2.40. The molecule has 1 aliphatic carbocycles.